The van der Waals surface area contributed by atoms with E-state index in [0.717, 1.165) is 5.56 Å². The number of amides is 1. The van der Waals surface area contributed by atoms with Gasteiger partial charge in [0, 0.05) is 20.4 Å². The van der Waals surface area contributed by atoms with Gasteiger partial charge in [-0.1, -0.05) is 30.3 Å². The maximum atomic E-state index is 11.6. The molecule has 0 bridgehead atoms. The number of nitrogens with zero attached hydrogens (tertiary/aromatic N) is 1. The molecule has 0 aromatic heterocycles. The maximum Gasteiger partial charge on any atom is 0.328 e. The topological polar surface area (TPSA) is 46.6 Å². The Morgan fingerprint density at radius 2 is 1.88 bits per heavy atom. The zero-order valence-electron chi connectivity index (χ0n) is 10.3. The molecular formula is C13H17NO3. The minimum absolute atomic E-state index is 0.156. The first-order chi connectivity index (χ1) is 8.06. The second-order valence-electron chi connectivity index (χ2n) is 3.86. The molecule has 0 radical (unpaired) electrons. The zero-order chi connectivity index (χ0) is 12.8. The van der Waals surface area contributed by atoms with E-state index < -0.39 is 12.0 Å². The molecule has 92 valence electrons. The van der Waals surface area contributed by atoms with Crippen molar-refractivity contribution in [2.45, 2.75) is 19.4 Å². The Labute approximate surface area is 101 Å². The van der Waals surface area contributed by atoms with Crippen LogP contribution in [-0.2, 0) is 20.7 Å². The van der Waals surface area contributed by atoms with Gasteiger partial charge in [-0.3, -0.25) is 4.79 Å². The predicted molar refractivity (Wildman–Crippen MR) is 64.4 cm³/mol. The van der Waals surface area contributed by atoms with Crippen molar-refractivity contribution in [3.8, 4) is 0 Å². The van der Waals surface area contributed by atoms with Crippen molar-refractivity contribution in [2.75, 3.05) is 14.2 Å². The first-order valence-corrected chi connectivity index (χ1v) is 5.41. The Morgan fingerprint density at radius 1 is 1.29 bits per heavy atom. The van der Waals surface area contributed by atoms with E-state index in [-0.39, 0.29) is 5.91 Å². The first-order valence-electron chi connectivity index (χ1n) is 5.41. The number of benzene rings is 1. The maximum absolute atomic E-state index is 11.6. The van der Waals surface area contributed by atoms with Gasteiger partial charge in [0.2, 0.25) is 5.91 Å². The molecule has 1 aromatic carbocycles. The standard InChI is InChI=1S/C13H17NO3/c1-10(15)14(2)12(13(16)17-3)9-11-7-5-4-6-8-11/h4-8,12H,9H2,1-3H3/t12-/m0/s1. The summed E-state index contributed by atoms with van der Waals surface area (Å²) in [4.78, 5) is 24.4. The molecule has 1 rings (SSSR count). The zero-order valence-corrected chi connectivity index (χ0v) is 10.3. The number of carbonyl (C=O) groups is 2. The van der Waals surface area contributed by atoms with Gasteiger partial charge in [0.15, 0.2) is 0 Å². The van der Waals surface area contributed by atoms with Gasteiger partial charge in [-0.2, -0.15) is 0 Å². The molecule has 0 aliphatic heterocycles. The van der Waals surface area contributed by atoms with E-state index in [1.807, 2.05) is 30.3 Å². The molecule has 1 atom stereocenters. The number of rotatable bonds is 4. The highest BCUT2D eigenvalue weighted by Gasteiger charge is 2.25. The van der Waals surface area contributed by atoms with Crippen LogP contribution < -0.4 is 0 Å². The van der Waals surface area contributed by atoms with E-state index in [1.165, 1.54) is 18.9 Å². The van der Waals surface area contributed by atoms with Crippen molar-refractivity contribution in [2.24, 2.45) is 0 Å². The molecule has 0 aliphatic rings. The number of esters is 1. The van der Waals surface area contributed by atoms with Crippen LogP contribution in [0.4, 0.5) is 0 Å². The molecule has 0 N–H and O–H groups in total. The van der Waals surface area contributed by atoms with Crippen LogP contribution in [0.1, 0.15) is 12.5 Å². The largest absolute Gasteiger partial charge is 0.467 e. The molecule has 4 heteroatoms. The molecule has 17 heavy (non-hydrogen) atoms. The second kappa shape index (κ2) is 6.03. The third-order valence-corrected chi connectivity index (χ3v) is 2.71. The van der Waals surface area contributed by atoms with Crippen molar-refractivity contribution in [3.05, 3.63) is 35.9 Å². The van der Waals surface area contributed by atoms with Crippen molar-refractivity contribution >= 4 is 11.9 Å². The second-order valence-corrected chi connectivity index (χ2v) is 3.86. The Morgan fingerprint density at radius 3 is 2.35 bits per heavy atom. The number of hydrogen-bond acceptors (Lipinski definition) is 3. The molecular weight excluding hydrogens is 218 g/mol. The van der Waals surface area contributed by atoms with Crippen LogP contribution in [0.25, 0.3) is 0 Å². The lowest BCUT2D eigenvalue weighted by Crippen LogP contribution is -2.43. The molecule has 1 amide bonds. The van der Waals surface area contributed by atoms with Crippen LogP contribution in [0.3, 0.4) is 0 Å². The lowest BCUT2D eigenvalue weighted by atomic mass is 10.1. The van der Waals surface area contributed by atoms with Gasteiger partial charge < -0.3 is 9.64 Å². The summed E-state index contributed by atoms with van der Waals surface area (Å²) in [7, 11) is 2.93. The summed E-state index contributed by atoms with van der Waals surface area (Å²) in [5.74, 6) is -0.553. The average molecular weight is 235 g/mol. The lowest BCUT2D eigenvalue weighted by molar-refractivity contribution is -0.151. The molecule has 0 saturated heterocycles. The molecule has 1 aromatic rings. The van der Waals surface area contributed by atoms with Crippen LogP contribution in [0.5, 0.6) is 0 Å². The molecule has 4 nitrogen and oxygen atoms in total. The van der Waals surface area contributed by atoms with E-state index >= 15 is 0 Å². The van der Waals surface area contributed by atoms with Crippen LogP contribution in [0, 0.1) is 0 Å². The quantitative estimate of drug-likeness (QED) is 0.738. The van der Waals surface area contributed by atoms with Crippen molar-refractivity contribution in [1.29, 1.82) is 0 Å². The summed E-state index contributed by atoms with van der Waals surface area (Å²) in [6.07, 6.45) is 0.462. The van der Waals surface area contributed by atoms with Crippen LogP contribution >= 0.6 is 0 Å². The van der Waals surface area contributed by atoms with Gasteiger partial charge in [-0.05, 0) is 5.56 Å². The van der Waals surface area contributed by atoms with Crippen LogP contribution in [0.15, 0.2) is 30.3 Å². The van der Waals surface area contributed by atoms with E-state index in [1.54, 1.807) is 7.05 Å². The van der Waals surface area contributed by atoms with E-state index in [9.17, 15) is 9.59 Å². The highest BCUT2D eigenvalue weighted by molar-refractivity contribution is 5.83. The van der Waals surface area contributed by atoms with Crippen LogP contribution in [-0.4, -0.2) is 37.0 Å². The van der Waals surface area contributed by atoms with E-state index in [4.69, 9.17) is 4.74 Å². The molecule has 0 unspecified atom stereocenters. The minimum Gasteiger partial charge on any atom is -0.467 e. The van der Waals surface area contributed by atoms with Gasteiger partial charge in [-0.15, -0.1) is 0 Å². The number of carbonyl (C=O) groups excluding carboxylic acids is 2. The summed E-state index contributed by atoms with van der Waals surface area (Å²) in [5, 5.41) is 0. The highest BCUT2D eigenvalue weighted by atomic mass is 16.5. The average Bonchev–Trinajstić information content (AvgIpc) is 2.35. The monoisotopic (exact) mass is 235 g/mol. The van der Waals surface area contributed by atoms with Crippen molar-refractivity contribution < 1.29 is 14.3 Å². The number of methoxy groups -OCH3 is 1. The minimum atomic E-state index is -0.570. The first kappa shape index (κ1) is 13.2. The third-order valence-electron chi connectivity index (χ3n) is 2.71. The van der Waals surface area contributed by atoms with Crippen molar-refractivity contribution in [1.82, 2.24) is 4.90 Å². The predicted octanol–water partition coefficient (Wildman–Crippen LogP) is 1.25. The SMILES string of the molecule is COC(=O)[C@H](Cc1ccccc1)N(C)C(C)=O. The Bertz CT molecular complexity index is 389. The number of likely N-dealkylation sites (N-methyl/N-ethyl adjacent to an activating group) is 1. The normalized spacial score (nSPS) is 11.7. The molecule has 0 saturated carbocycles. The van der Waals surface area contributed by atoms with Gasteiger partial charge in [0.1, 0.15) is 6.04 Å². The summed E-state index contributed by atoms with van der Waals surface area (Å²) in [6, 6.07) is 8.98. The fourth-order valence-electron chi connectivity index (χ4n) is 1.57. The van der Waals surface area contributed by atoms with Crippen LogP contribution in [0.2, 0.25) is 0 Å². The number of ether oxygens (including phenoxy) is 1. The fraction of sp³-hybridized carbons (Fsp3) is 0.385. The summed E-state index contributed by atoms with van der Waals surface area (Å²) >= 11 is 0. The molecule has 0 aliphatic carbocycles. The van der Waals surface area contributed by atoms with Gasteiger partial charge >= 0.3 is 5.97 Å². The third kappa shape index (κ3) is 3.59. The lowest BCUT2D eigenvalue weighted by Gasteiger charge is -2.24. The van der Waals surface area contributed by atoms with Gasteiger partial charge in [0.05, 0.1) is 7.11 Å². The highest BCUT2D eigenvalue weighted by Crippen LogP contribution is 2.09. The molecule has 0 spiro atoms. The summed E-state index contributed by atoms with van der Waals surface area (Å²) < 4.78 is 4.72. The van der Waals surface area contributed by atoms with E-state index in [2.05, 4.69) is 0 Å². The number of hydrogen-bond donors (Lipinski definition) is 0. The van der Waals surface area contributed by atoms with E-state index in [0.29, 0.717) is 6.42 Å². The van der Waals surface area contributed by atoms with Gasteiger partial charge in [0.25, 0.3) is 0 Å². The Kier molecular flexibility index (Phi) is 4.69. The smallest absolute Gasteiger partial charge is 0.328 e. The van der Waals surface area contributed by atoms with Gasteiger partial charge in [-0.25, -0.2) is 4.79 Å². The van der Waals surface area contributed by atoms with Crippen molar-refractivity contribution in [3.63, 3.8) is 0 Å². The Balaban J connectivity index is 2.85. The molecule has 0 heterocycles. The summed E-state index contributed by atoms with van der Waals surface area (Å²) in [5.41, 5.74) is 0.996. The fourth-order valence-corrected chi connectivity index (χ4v) is 1.57. The molecule has 0 fully saturated rings. The summed E-state index contributed by atoms with van der Waals surface area (Å²) in [6.45, 7) is 1.43. The Hall–Kier alpha value is -1.84.